The van der Waals surface area contributed by atoms with Crippen molar-refractivity contribution < 1.29 is 4.39 Å². The van der Waals surface area contributed by atoms with Crippen molar-refractivity contribution in [3.05, 3.63) is 63.4 Å². The van der Waals surface area contributed by atoms with Gasteiger partial charge in [-0.1, -0.05) is 28.1 Å². The van der Waals surface area contributed by atoms with Gasteiger partial charge < -0.3 is 5.32 Å². The Morgan fingerprint density at radius 3 is 2.17 bits per heavy atom. The summed E-state index contributed by atoms with van der Waals surface area (Å²) in [6.45, 7) is 4.83. The maximum Gasteiger partial charge on any atom is 0.123 e. The normalized spacial score (nSPS) is 10.4. The van der Waals surface area contributed by atoms with Gasteiger partial charge in [-0.25, -0.2) is 4.39 Å². The third-order valence-corrected chi connectivity index (χ3v) is 4.10. The highest BCUT2D eigenvalue weighted by atomic mass is 79.9. The first-order valence-electron chi connectivity index (χ1n) is 5.81. The van der Waals surface area contributed by atoms with Gasteiger partial charge in [0.25, 0.3) is 0 Å². The Hall–Kier alpha value is -1.35. The number of aryl methyl sites for hydroxylation is 2. The lowest BCUT2D eigenvalue weighted by Gasteiger charge is -2.10. The number of anilines is 1. The summed E-state index contributed by atoms with van der Waals surface area (Å²) >= 11 is 3.55. The van der Waals surface area contributed by atoms with E-state index >= 15 is 0 Å². The number of nitrogens with one attached hydrogen (secondary N) is 1. The second kappa shape index (κ2) is 5.53. The zero-order valence-electron chi connectivity index (χ0n) is 10.4. The summed E-state index contributed by atoms with van der Waals surface area (Å²) in [5.74, 6) is -0.200. The van der Waals surface area contributed by atoms with Gasteiger partial charge in [0.05, 0.1) is 0 Å². The fraction of sp³-hybridized carbons (Fsp3) is 0.200. The molecule has 2 rings (SSSR count). The molecule has 0 saturated carbocycles. The fourth-order valence-electron chi connectivity index (χ4n) is 1.85. The monoisotopic (exact) mass is 307 g/mol. The van der Waals surface area contributed by atoms with Crippen LogP contribution in [0.2, 0.25) is 0 Å². The first-order chi connectivity index (χ1) is 8.56. The van der Waals surface area contributed by atoms with Crippen molar-refractivity contribution in [1.82, 2.24) is 0 Å². The summed E-state index contributed by atoms with van der Waals surface area (Å²) in [6, 6.07) is 10.7. The maximum atomic E-state index is 12.8. The average Bonchev–Trinajstić information content (AvgIpc) is 2.35. The summed E-state index contributed by atoms with van der Waals surface area (Å²) in [5.41, 5.74) is 4.56. The first kappa shape index (κ1) is 13.1. The van der Waals surface area contributed by atoms with E-state index in [0.717, 1.165) is 15.7 Å². The molecule has 0 fully saturated rings. The van der Waals surface area contributed by atoms with E-state index in [1.54, 1.807) is 12.1 Å². The van der Waals surface area contributed by atoms with Gasteiger partial charge in [-0.05, 0) is 54.8 Å². The molecule has 0 amide bonds. The van der Waals surface area contributed by atoms with Crippen LogP contribution in [0.3, 0.4) is 0 Å². The van der Waals surface area contributed by atoms with Gasteiger partial charge >= 0.3 is 0 Å². The second-order valence-electron chi connectivity index (χ2n) is 4.40. The van der Waals surface area contributed by atoms with Crippen LogP contribution in [0.1, 0.15) is 16.7 Å². The van der Waals surface area contributed by atoms with Crippen molar-refractivity contribution in [2.45, 2.75) is 20.4 Å². The highest BCUT2D eigenvalue weighted by Crippen LogP contribution is 2.25. The van der Waals surface area contributed by atoms with Crippen LogP contribution < -0.4 is 5.32 Å². The Morgan fingerprint density at radius 1 is 1.06 bits per heavy atom. The highest BCUT2D eigenvalue weighted by Gasteiger charge is 2.02. The van der Waals surface area contributed by atoms with Crippen molar-refractivity contribution in [1.29, 1.82) is 0 Å². The standard InChI is InChI=1S/C15H15BrFN/c1-10-7-14(8-11(2)15(10)16)18-9-12-3-5-13(17)6-4-12/h3-8,18H,9H2,1-2H3. The molecule has 0 unspecified atom stereocenters. The molecule has 2 aromatic carbocycles. The van der Waals surface area contributed by atoms with E-state index in [1.165, 1.54) is 23.3 Å². The molecule has 94 valence electrons. The van der Waals surface area contributed by atoms with Gasteiger partial charge in [-0.2, -0.15) is 0 Å². The summed E-state index contributed by atoms with van der Waals surface area (Å²) in [4.78, 5) is 0. The van der Waals surface area contributed by atoms with E-state index in [0.29, 0.717) is 6.54 Å². The van der Waals surface area contributed by atoms with Crippen molar-refractivity contribution in [2.24, 2.45) is 0 Å². The summed E-state index contributed by atoms with van der Waals surface area (Å²) in [5, 5.41) is 3.35. The Kier molecular flexibility index (Phi) is 4.02. The van der Waals surface area contributed by atoms with E-state index in [4.69, 9.17) is 0 Å². The summed E-state index contributed by atoms with van der Waals surface area (Å²) < 4.78 is 13.9. The van der Waals surface area contributed by atoms with Gasteiger partial charge in [-0.3, -0.25) is 0 Å². The van der Waals surface area contributed by atoms with E-state index < -0.39 is 0 Å². The van der Waals surface area contributed by atoms with Gasteiger partial charge in [0.15, 0.2) is 0 Å². The quantitative estimate of drug-likeness (QED) is 0.857. The van der Waals surface area contributed by atoms with E-state index in [-0.39, 0.29) is 5.82 Å². The highest BCUT2D eigenvalue weighted by molar-refractivity contribution is 9.10. The molecule has 0 heterocycles. The molecule has 0 atom stereocenters. The number of benzene rings is 2. The number of hydrogen-bond donors (Lipinski definition) is 1. The molecular formula is C15H15BrFN. The van der Waals surface area contributed by atoms with Gasteiger partial charge in [0.2, 0.25) is 0 Å². The Bertz CT molecular complexity index is 526. The lowest BCUT2D eigenvalue weighted by Crippen LogP contribution is -2.00. The second-order valence-corrected chi connectivity index (χ2v) is 5.20. The number of rotatable bonds is 3. The minimum absolute atomic E-state index is 0.200. The van der Waals surface area contributed by atoms with Gasteiger partial charge in [0.1, 0.15) is 5.82 Å². The molecule has 0 radical (unpaired) electrons. The topological polar surface area (TPSA) is 12.0 Å². The molecule has 0 saturated heterocycles. The van der Waals surface area contributed by atoms with Gasteiger partial charge in [-0.15, -0.1) is 0 Å². The molecular weight excluding hydrogens is 293 g/mol. The molecule has 1 nitrogen and oxygen atoms in total. The Labute approximate surface area is 115 Å². The Balaban J connectivity index is 2.08. The smallest absolute Gasteiger partial charge is 0.123 e. The predicted octanol–water partition coefficient (Wildman–Crippen LogP) is 4.82. The van der Waals surface area contributed by atoms with Crippen molar-refractivity contribution in [3.63, 3.8) is 0 Å². The molecule has 0 aliphatic carbocycles. The molecule has 0 bridgehead atoms. The van der Waals surface area contributed by atoms with Crippen LogP contribution in [-0.2, 0) is 6.54 Å². The molecule has 0 spiro atoms. The minimum atomic E-state index is -0.200. The van der Waals surface area contributed by atoms with Crippen LogP contribution in [0.5, 0.6) is 0 Å². The average molecular weight is 308 g/mol. The van der Waals surface area contributed by atoms with Crippen LogP contribution in [-0.4, -0.2) is 0 Å². The predicted molar refractivity (Wildman–Crippen MR) is 77.3 cm³/mol. The van der Waals surface area contributed by atoms with E-state index in [2.05, 4.69) is 47.2 Å². The van der Waals surface area contributed by atoms with Crippen molar-refractivity contribution >= 4 is 21.6 Å². The van der Waals surface area contributed by atoms with Crippen molar-refractivity contribution in [3.8, 4) is 0 Å². The zero-order valence-corrected chi connectivity index (χ0v) is 12.0. The van der Waals surface area contributed by atoms with Crippen LogP contribution in [0.15, 0.2) is 40.9 Å². The SMILES string of the molecule is Cc1cc(NCc2ccc(F)cc2)cc(C)c1Br. The fourth-order valence-corrected chi connectivity index (χ4v) is 2.08. The molecule has 0 aliphatic rings. The molecule has 18 heavy (non-hydrogen) atoms. The van der Waals surface area contributed by atoms with Crippen LogP contribution in [0.4, 0.5) is 10.1 Å². The third-order valence-electron chi connectivity index (χ3n) is 2.85. The molecule has 2 aromatic rings. The van der Waals surface area contributed by atoms with Crippen LogP contribution in [0, 0.1) is 19.7 Å². The van der Waals surface area contributed by atoms with Crippen LogP contribution >= 0.6 is 15.9 Å². The molecule has 0 aliphatic heterocycles. The molecule has 1 N–H and O–H groups in total. The van der Waals surface area contributed by atoms with Gasteiger partial charge in [0, 0.05) is 16.7 Å². The largest absolute Gasteiger partial charge is 0.381 e. The first-order valence-corrected chi connectivity index (χ1v) is 6.60. The Morgan fingerprint density at radius 2 is 1.61 bits per heavy atom. The van der Waals surface area contributed by atoms with Crippen molar-refractivity contribution in [2.75, 3.05) is 5.32 Å². The third kappa shape index (κ3) is 3.10. The lowest BCUT2D eigenvalue weighted by atomic mass is 10.1. The summed E-state index contributed by atoms with van der Waals surface area (Å²) in [6.07, 6.45) is 0. The molecule has 3 heteroatoms. The van der Waals surface area contributed by atoms with E-state index in [1.807, 2.05) is 0 Å². The number of halogens is 2. The maximum absolute atomic E-state index is 12.8. The zero-order chi connectivity index (χ0) is 13.1. The van der Waals surface area contributed by atoms with Crippen LogP contribution in [0.25, 0.3) is 0 Å². The summed E-state index contributed by atoms with van der Waals surface area (Å²) in [7, 11) is 0. The molecule has 0 aromatic heterocycles. The number of hydrogen-bond acceptors (Lipinski definition) is 1. The van der Waals surface area contributed by atoms with E-state index in [9.17, 15) is 4.39 Å². The minimum Gasteiger partial charge on any atom is -0.381 e. The lowest BCUT2D eigenvalue weighted by molar-refractivity contribution is 0.627.